The summed E-state index contributed by atoms with van der Waals surface area (Å²) in [7, 11) is 0. The minimum atomic E-state index is 0. The van der Waals surface area contributed by atoms with E-state index in [9.17, 15) is 0 Å². The number of fused-ring (bicyclic) bond motifs is 1. The summed E-state index contributed by atoms with van der Waals surface area (Å²) in [5.41, 5.74) is 1.17. The van der Waals surface area contributed by atoms with Gasteiger partial charge in [0.1, 0.15) is 12.4 Å². The molecule has 0 amide bonds. The molecule has 0 bridgehead atoms. The van der Waals surface area contributed by atoms with Crippen LogP contribution < -0.4 is 4.74 Å². The van der Waals surface area contributed by atoms with E-state index in [1.165, 1.54) is 5.56 Å². The van der Waals surface area contributed by atoms with Gasteiger partial charge in [0, 0.05) is 25.0 Å². The average Bonchev–Trinajstić information content (AvgIpc) is 2.05. The second kappa shape index (κ2) is 5.76. The zero-order valence-corrected chi connectivity index (χ0v) is 12.6. The maximum atomic E-state index is 5.34. The largest absolute Gasteiger partial charge is 0 e. The van der Waals surface area contributed by atoms with E-state index in [2.05, 4.69) is 6.08 Å². The van der Waals surface area contributed by atoms with Gasteiger partial charge >= 0.3 is 23.7 Å². The van der Waals surface area contributed by atoms with Gasteiger partial charge in [-0.25, -0.2) is 0 Å². The van der Waals surface area contributed by atoms with E-state index < -0.39 is 0 Å². The molecule has 2 rings (SSSR count). The Balaban J connectivity index is 0.000000605. The van der Waals surface area contributed by atoms with Crippen LogP contribution in [0, 0.1) is 0 Å². The summed E-state index contributed by atoms with van der Waals surface area (Å²) in [4.78, 5) is 0. The zero-order valence-electron chi connectivity index (χ0n) is 6.79. The summed E-state index contributed by atoms with van der Waals surface area (Å²) in [6, 6.07) is 8.03. The van der Waals surface area contributed by atoms with Gasteiger partial charge in [-0.3, -0.25) is 0 Å². The molecule has 0 radical (unpaired) electrons. The summed E-state index contributed by atoms with van der Waals surface area (Å²) in [6.45, 7) is 0.705. The molecule has 0 aromatic heterocycles. The van der Waals surface area contributed by atoms with Crippen molar-refractivity contribution >= 4 is 29.7 Å². The van der Waals surface area contributed by atoms with E-state index in [1.807, 2.05) is 30.3 Å². The SMILES string of the molecule is C1=Cc2ccccc2OC1.[TeH2].[Zn]. The van der Waals surface area contributed by atoms with Gasteiger partial charge in [-0.2, -0.15) is 0 Å². The van der Waals surface area contributed by atoms with Crippen molar-refractivity contribution < 1.29 is 24.2 Å². The topological polar surface area (TPSA) is 9.23 Å². The molecule has 60 valence electrons. The average molecular weight is 327 g/mol. The van der Waals surface area contributed by atoms with Crippen LogP contribution in [0.15, 0.2) is 30.3 Å². The monoisotopic (exact) mass is 328 g/mol. The maximum Gasteiger partial charge on any atom is 0 e. The van der Waals surface area contributed by atoms with Crippen molar-refractivity contribution in [3.8, 4) is 5.75 Å². The molecule has 0 atom stereocenters. The van der Waals surface area contributed by atoms with Crippen molar-refractivity contribution in [2.75, 3.05) is 6.61 Å². The molecule has 0 fully saturated rings. The maximum absolute atomic E-state index is 5.34. The molecule has 0 unspecified atom stereocenters. The van der Waals surface area contributed by atoms with Crippen LogP contribution in [0.3, 0.4) is 0 Å². The number of rotatable bonds is 0. The van der Waals surface area contributed by atoms with Gasteiger partial charge < -0.3 is 4.74 Å². The van der Waals surface area contributed by atoms with Gasteiger partial charge in [-0.15, -0.1) is 0 Å². The molecule has 0 N–H and O–H groups in total. The molecule has 1 aliphatic heterocycles. The van der Waals surface area contributed by atoms with Crippen LogP contribution in [0.25, 0.3) is 6.08 Å². The van der Waals surface area contributed by atoms with E-state index in [0.717, 1.165) is 5.75 Å². The minimum Gasteiger partial charge on any atom is 0 e. The van der Waals surface area contributed by atoms with Crippen molar-refractivity contribution in [2.45, 2.75) is 0 Å². The van der Waals surface area contributed by atoms with Gasteiger partial charge in [0.15, 0.2) is 0 Å². The van der Waals surface area contributed by atoms with Crippen LogP contribution in [0.1, 0.15) is 5.56 Å². The molecule has 3 heteroatoms. The summed E-state index contributed by atoms with van der Waals surface area (Å²) in [6.07, 6.45) is 4.10. The fraction of sp³-hybridized carbons (Fsp3) is 0.111. The van der Waals surface area contributed by atoms with Crippen LogP contribution >= 0.6 is 0 Å². The molecule has 12 heavy (non-hydrogen) atoms. The second-order valence-electron chi connectivity index (χ2n) is 2.25. The Hall–Kier alpha value is 0.173. The van der Waals surface area contributed by atoms with Gasteiger partial charge in [-0.1, -0.05) is 24.3 Å². The van der Waals surface area contributed by atoms with Crippen molar-refractivity contribution in [3.63, 3.8) is 0 Å². The van der Waals surface area contributed by atoms with E-state index in [4.69, 9.17) is 4.74 Å². The number of benzene rings is 1. The molecule has 1 aromatic rings. The van der Waals surface area contributed by atoms with Crippen LogP contribution in [0.5, 0.6) is 5.75 Å². The van der Waals surface area contributed by atoms with Crippen molar-refractivity contribution in [1.82, 2.24) is 0 Å². The first-order valence-corrected chi connectivity index (χ1v) is 3.35. The standard InChI is InChI=1S/C9H8O.H2Te.Zn/c1-2-6-9-8(4-1)5-3-7-10-9;;/h1-6H,7H2;1H2;. The predicted octanol–water partition coefficient (Wildman–Crippen LogP) is 1.17. The molecule has 1 heterocycles. The number of ether oxygens (including phenoxy) is 1. The third-order valence-electron chi connectivity index (χ3n) is 1.55. The number of hydrogen-bond donors (Lipinski definition) is 0. The molecule has 0 aliphatic carbocycles. The third kappa shape index (κ3) is 2.59. The molecule has 1 aliphatic rings. The van der Waals surface area contributed by atoms with E-state index in [-0.39, 0.29) is 43.1 Å². The molecular formula is C9H10OTeZn. The first kappa shape index (κ1) is 12.2. The Bertz CT molecular complexity index is 273. The Morgan fingerprint density at radius 1 is 1.17 bits per heavy atom. The van der Waals surface area contributed by atoms with Crippen molar-refractivity contribution in [2.24, 2.45) is 0 Å². The van der Waals surface area contributed by atoms with E-state index >= 15 is 0 Å². The Morgan fingerprint density at radius 2 is 1.92 bits per heavy atom. The zero-order chi connectivity index (χ0) is 6.81. The fourth-order valence-electron chi connectivity index (χ4n) is 1.06. The Kier molecular flexibility index (Phi) is 5.84. The van der Waals surface area contributed by atoms with Crippen LogP contribution in [0.4, 0.5) is 0 Å². The first-order valence-electron chi connectivity index (χ1n) is 3.35. The number of para-hydroxylation sites is 1. The third-order valence-corrected chi connectivity index (χ3v) is 1.55. The molecule has 1 nitrogen and oxygen atoms in total. The van der Waals surface area contributed by atoms with Crippen LogP contribution in [-0.4, -0.2) is 30.3 Å². The Labute approximate surface area is 102 Å². The van der Waals surface area contributed by atoms with Gasteiger partial charge in [0.05, 0.1) is 0 Å². The minimum absolute atomic E-state index is 0. The molecule has 0 saturated heterocycles. The molecule has 0 spiro atoms. The molecular weight excluding hydrogens is 317 g/mol. The quantitative estimate of drug-likeness (QED) is 0.650. The summed E-state index contributed by atoms with van der Waals surface area (Å²) < 4.78 is 5.34. The summed E-state index contributed by atoms with van der Waals surface area (Å²) in [5, 5.41) is 0. The fourth-order valence-corrected chi connectivity index (χ4v) is 1.06. The van der Waals surface area contributed by atoms with Crippen LogP contribution in [0.2, 0.25) is 0 Å². The normalized spacial score (nSPS) is 11.7. The molecule has 1 aromatic carbocycles. The van der Waals surface area contributed by atoms with E-state index in [1.54, 1.807) is 0 Å². The number of hydrogen-bond acceptors (Lipinski definition) is 1. The second-order valence-corrected chi connectivity index (χ2v) is 2.25. The van der Waals surface area contributed by atoms with Gasteiger partial charge in [0.2, 0.25) is 0 Å². The molecule has 0 saturated carbocycles. The van der Waals surface area contributed by atoms with Crippen molar-refractivity contribution in [1.29, 1.82) is 0 Å². The first-order chi connectivity index (χ1) is 4.97. The summed E-state index contributed by atoms with van der Waals surface area (Å²) in [5.74, 6) is 0.991. The summed E-state index contributed by atoms with van der Waals surface area (Å²) >= 11 is 0. The smallest absolute Gasteiger partial charge is 0 e. The van der Waals surface area contributed by atoms with E-state index in [0.29, 0.717) is 6.61 Å². The Morgan fingerprint density at radius 3 is 2.67 bits per heavy atom. The predicted molar refractivity (Wildman–Crippen MR) is 49.5 cm³/mol. The van der Waals surface area contributed by atoms with Gasteiger partial charge in [0.25, 0.3) is 0 Å². The van der Waals surface area contributed by atoms with Gasteiger partial charge in [-0.05, 0) is 12.1 Å². The van der Waals surface area contributed by atoms with Crippen LogP contribution in [-0.2, 0) is 19.5 Å². The van der Waals surface area contributed by atoms with Crippen molar-refractivity contribution in [3.05, 3.63) is 35.9 Å².